The van der Waals surface area contributed by atoms with Crippen molar-refractivity contribution in [3.05, 3.63) is 65.7 Å². The van der Waals surface area contributed by atoms with E-state index in [9.17, 15) is 0 Å². The number of ether oxygens (including phenoxy) is 1. The SMILES string of the molecule is CC(C)c1ccc(COc2ccccc2)cc1. The molecule has 0 saturated heterocycles. The average molecular weight is 226 g/mol. The normalized spacial score (nSPS) is 10.5. The van der Waals surface area contributed by atoms with Gasteiger partial charge in [0, 0.05) is 0 Å². The van der Waals surface area contributed by atoms with Gasteiger partial charge in [-0.25, -0.2) is 0 Å². The van der Waals surface area contributed by atoms with Crippen LogP contribution in [0, 0.1) is 0 Å². The van der Waals surface area contributed by atoms with Gasteiger partial charge in [-0.3, -0.25) is 0 Å². The van der Waals surface area contributed by atoms with Crippen LogP contribution in [0.15, 0.2) is 54.6 Å². The van der Waals surface area contributed by atoms with E-state index in [1.807, 2.05) is 30.3 Å². The lowest BCUT2D eigenvalue weighted by molar-refractivity contribution is 0.306. The van der Waals surface area contributed by atoms with Crippen molar-refractivity contribution in [1.82, 2.24) is 0 Å². The lowest BCUT2D eigenvalue weighted by Crippen LogP contribution is -1.96. The predicted molar refractivity (Wildman–Crippen MR) is 71.3 cm³/mol. The summed E-state index contributed by atoms with van der Waals surface area (Å²) in [7, 11) is 0. The Morgan fingerprint density at radius 1 is 0.882 bits per heavy atom. The molecule has 0 heterocycles. The Kier molecular flexibility index (Phi) is 3.81. The highest BCUT2D eigenvalue weighted by Crippen LogP contribution is 2.16. The molecule has 0 radical (unpaired) electrons. The highest BCUT2D eigenvalue weighted by atomic mass is 16.5. The molecule has 0 atom stereocenters. The molecule has 0 N–H and O–H groups in total. The van der Waals surface area contributed by atoms with Gasteiger partial charge in [0.05, 0.1) is 0 Å². The second kappa shape index (κ2) is 5.53. The van der Waals surface area contributed by atoms with Crippen molar-refractivity contribution in [2.75, 3.05) is 0 Å². The highest BCUT2D eigenvalue weighted by molar-refractivity contribution is 5.26. The van der Waals surface area contributed by atoms with Gasteiger partial charge in [-0.05, 0) is 29.2 Å². The molecule has 0 aliphatic rings. The molecule has 1 heteroatoms. The summed E-state index contributed by atoms with van der Waals surface area (Å²) in [5, 5.41) is 0. The van der Waals surface area contributed by atoms with Gasteiger partial charge in [-0.2, -0.15) is 0 Å². The Morgan fingerprint density at radius 2 is 1.53 bits per heavy atom. The molecule has 0 amide bonds. The quantitative estimate of drug-likeness (QED) is 0.751. The van der Waals surface area contributed by atoms with E-state index in [1.54, 1.807) is 0 Å². The summed E-state index contributed by atoms with van der Waals surface area (Å²) < 4.78 is 5.69. The topological polar surface area (TPSA) is 9.23 Å². The zero-order valence-electron chi connectivity index (χ0n) is 10.4. The van der Waals surface area contributed by atoms with Crippen molar-refractivity contribution in [2.24, 2.45) is 0 Å². The Balaban J connectivity index is 1.96. The average Bonchev–Trinajstić information content (AvgIpc) is 2.38. The lowest BCUT2D eigenvalue weighted by Gasteiger charge is -2.08. The minimum atomic E-state index is 0.582. The summed E-state index contributed by atoms with van der Waals surface area (Å²) in [6.45, 7) is 5.04. The van der Waals surface area contributed by atoms with Crippen LogP contribution in [0.1, 0.15) is 30.9 Å². The molecule has 1 nitrogen and oxygen atoms in total. The molecule has 88 valence electrons. The predicted octanol–water partition coefficient (Wildman–Crippen LogP) is 4.39. The maximum Gasteiger partial charge on any atom is 0.119 e. The van der Waals surface area contributed by atoms with Crippen molar-refractivity contribution < 1.29 is 4.74 Å². The van der Waals surface area contributed by atoms with Crippen molar-refractivity contribution in [1.29, 1.82) is 0 Å². The molecule has 0 spiro atoms. The van der Waals surface area contributed by atoms with Gasteiger partial charge in [0.1, 0.15) is 12.4 Å². The monoisotopic (exact) mass is 226 g/mol. The minimum absolute atomic E-state index is 0.582. The third-order valence-corrected chi connectivity index (χ3v) is 2.80. The van der Waals surface area contributed by atoms with E-state index < -0.39 is 0 Å². The van der Waals surface area contributed by atoms with Crippen LogP contribution in [0.2, 0.25) is 0 Å². The summed E-state index contributed by atoms with van der Waals surface area (Å²) in [4.78, 5) is 0. The van der Waals surface area contributed by atoms with Gasteiger partial charge in [0.2, 0.25) is 0 Å². The zero-order chi connectivity index (χ0) is 12.1. The zero-order valence-corrected chi connectivity index (χ0v) is 10.4. The van der Waals surface area contributed by atoms with Crippen LogP contribution in [0.25, 0.3) is 0 Å². The van der Waals surface area contributed by atoms with Gasteiger partial charge in [-0.15, -0.1) is 0 Å². The summed E-state index contributed by atoms with van der Waals surface area (Å²) in [5.41, 5.74) is 2.58. The Bertz CT molecular complexity index is 443. The summed E-state index contributed by atoms with van der Waals surface area (Å²) >= 11 is 0. The summed E-state index contributed by atoms with van der Waals surface area (Å²) in [6.07, 6.45) is 0. The lowest BCUT2D eigenvalue weighted by atomic mass is 10.0. The van der Waals surface area contributed by atoms with Crippen LogP contribution in [0.5, 0.6) is 5.75 Å². The van der Waals surface area contributed by atoms with Crippen LogP contribution in [0.3, 0.4) is 0 Å². The molecular weight excluding hydrogens is 208 g/mol. The van der Waals surface area contributed by atoms with Crippen LogP contribution >= 0.6 is 0 Å². The van der Waals surface area contributed by atoms with E-state index in [0.29, 0.717) is 12.5 Å². The standard InChI is InChI=1S/C16H18O/c1-13(2)15-10-8-14(9-11-15)12-17-16-6-4-3-5-7-16/h3-11,13H,12H2,1-2H3. The van der Waals surface area contributed by atoms with Crippen LogP contribution in [-0.2, 0) is 6.61 Å². The van der Waals surface area contributed by atoms with Gasteiger partial charge in [0.25, 0.3) is 0 Å². The van der Waals surface area contributed by atoms with Crippen LogP contribution < -0.4 is 4.74 Å². The van der Waals surface area contributed by atoms with Gasteiger partial charge in [0.15, 0.2) is 0 Å². The first-order valence-electron chi connectivity index (χ1n) is 6.02. The molecule has 2 aromatic rings. The molecule has 0 fully saturated rings. The molecule has 2 rings (SSSR count). The van der Waals surface area contributed by atoms with Crippen molar-refractivity contribution in [2.45, 2.75) is 26.4 Å². The van der Waals surface area contributed by atoms with E-state index in [1.165, 1.54) is 11.1 Å². The first-order valence-corrected chi connectivity index (χ1v) is 6.02. The van der Waals surface area contributed by atoms with E-state index >= 15 is 0 Å². The molecule has 17 heavy (non-hydrogen) atoms. The maximum absolute atomic E-state index is 5.69. The highest BCUT2D eigenvalue weighted by Gasteiger charge is 1.99. The summed E-state index contributed by atoms with van der Waals surface area (Å²) in [6, 6.07) is 18.5. The van der Waals surface area contributed by atoms with Gasteiger partial charge < -0.3 is 4.74 Å². The third-order valence-electron chi connectivity index (χ3n) is 2.80. The summed E-state index contributed by atoms with van der Waals surface area (Å²) in [5.74, 6) is 1.50. The number of hydrogen-bond donors (Lipinski definition) is 0. The molecule has 0 bridgehead atoms. The number of rotatable bonds is 4. The Labute approximate surface area is 103 Å². The fourth-order valence-electron chi connectivity index (χ4n) is 1.68. The maximum atomic E-state index is 5.69. The number of hydrogen-bond acceptors (Lipinski definition) is 1. The van der Waals surface area contributed by atoms with E-state index in [-0.39, 0.29) is 0 Å². The van der Waals surface area contributed by atoms with Crippen molar-refractivity contribution >= 4 is 0 Å². The Morgan fingerprint density at radius 3 is 2.12 bits per heavy atom. The van der Waals surface area contributed by atoms with E-state index in [2.05, 4.69) is 38.1 Å². The van der Waals surface area contributed by atoms with Crippen molar-refractivity contribution in [3.8, 4) is 5.75 Å². The fraction of sp³-hybridized carbons (Fsp3) is 0.250. The van der Waals surface area contributed by atoms with Crippen molar-refractivity contribution in [3.63, 3.8) is 0 Å². The first kappa shape index (κ1) is 11.7. The second-order valence-electron chi connectivity index (χ2n) is 4.50. The molecule has 0 aliphatic heterocycles. The van der Waals surface area contributed by atoms with Gasteiger partial charge in [-0.1, -0.05) is 56.3 Å². The van der Waals surface area contributed by atoms with Crippen LogP contribution in [-0.4, -0.2) is 0 Å². The smallest absolute Gasteiger partial charge is 0.119 e. The molecule has 0 aliphatic carbocycles. The number of para-hydroxylation sites is 1. The van der Waals surface area contributed by atoms with Crippen LogP contribution in [0.4, 0.5) is 0 Å². The van der Waals surface area contributed by atoms with E-state index in [4.69, 9.17) is 4.74 Å². The fourth-order valence-corrected chi connectivity index (χ4v) is 1.68. The number of benzene rings is 2. The largest absolute Gasteiger partial charge is 0.489 e. The second-order valence-corrected chi connectivity index (χ2v) is 4.50. The van der Waals surface area contributed by atoms with E-state index in [0.717, 1.165) is 5.75 Å². The minimum Gasteiger partial charge on any atom is -0.489 e. The third kappa shape index (κ3) is 3.35. The molecular formula is C16H18O. The van der Waals surface area contributed by atoms with Gasteiger partial charge >= 0.3 is 0 Å². The Hall–Kier alpha value is -1.76. The first-order chi connectivity index (χ1) is 8.25. The molecule has 0 aromatic heterocycles. The molecule has 0 unspecified atom stereocenters. The molecule has 0 saturated carbocycles. The molecule has 2 aromatic carbocycles.